The molecule has 4 aromatic rings. The molecule has 10 rings (SSSR count). The summed E-state index contributed by atoms with van der Waals surface area (Å²) >= 11 is 8.11. The Kier molecular flexibility index (Phi) is 8.21. The summed E-state index contributed by atoms with van der Waals surface area (Å²) in [6, 6.07) is 28.8. The van der Waals surface area contributed by atoms with Gasteiger partial charge in [-0.25, -0.2) is 0 Å². The first-order valence-electron chi connectivity index (χ1n) is 13.9. The van der Waals surface area contributed by atoms with E-state index >= 15 is 0 Å². The Hall–Kier alpha value is -2.24. The molecule has 0 radical (unpaired) electrons. The zero-order valence-electron chi connectivity index (χ0n) is 22.5. The van der Waals surface area contributed by atoms with Crippen LogP contribution in [0.1, 0.15) is 66.8 Å². The molecule has 0 spiro atoms. The first-order chi connectivity index (χ1) is 19.7. The van der Waals surface area contributed by atoms with E-state index in [9.17, 15) is 0 Å². The van der Waals surface area contributed by atoms with Gasteiger partial charge in [-0.05, 0) is 66.8 Å². The fourth-order valence-corrected chi connectivity index (χ4v) is 9.38. The molecule has 200 valence electrons. The minimum Gasteiger partial charge on any atom is -0.152 e. The molecule has 0 saturated heterocycles. The highest BCUT2D eigenvalue weighted by Gasteiger charge is 2.10. The molecule has 6 aliphatic rings. The van der Waals surface area contributed by atoms with Crippen molar-refractivity contribution >= 4 is 71.4 Å². The number of benzene rings is 4. The minimum absolute atomic E-state index is 1.04. The van der Waals surface area contributed by atoms with Crippen LogP contribution in [0.2, 0.25) is 0 Å². The van der Waals surface area contributed by atoms with Gasteiger partial charge in [0.05, 0.1) is 0 Å². The summed E-state index contributed by atoms with van der Waals surface area (Å²) < 4.78 is 0. The first kappa shape index (κ1) is 26.6. The highest BCUT2D eigenvalue weighted by atomic mass is 32.2. The van der Waals surface area contributed by atoms with Crippen LogP contribution in [0.4, 0.5) is 0 Å². The average molecular weight is 593 g/mol. The minimum atomic E-state index is 1.04. The number of thioether (sulfide) groups is 4. The summed E-state index contributed by atoms with van der Waals surface area (Å²) in [4.78, 5) is 0. The van der Waals surface area contributed by atoms with Crippen LogP contribution in [0.25, 0.3) is 24.3 Å². The highest BCUT2D eigenvalue weighted by Crippen LogP contribution is 2.31. The van der Waals surface area contributed by atoms with Crippen LogP contribution in [0.15, 0.2) is 72.8 Å². The molecule has 12 bridgehead atoms. The van der Waals surface area contributed by atoms with Gasteiger partial charge in [0.25, 0.3) is 0 Å². The summed E-state index contributed by atoms with van der Waals surface area (Å²) in [6.07, 6.45) is 9.33. The Morgan fingerprint density at radius 3 is 0.600 bits per heavy atom. The topological polar surface area (TPSA) is 0 Å². The third kappa shape index (κ3) is 6.79. The maximum absolute atomic E-state index is 2.42. The smallest absolute Gasteiger partial charge is 0.0188 e. The third-order valence-electron chi connectivity index (χ3n) is 7.39. The maximum atomic E-state index is 2.42. The molecule has 0 aliphatic carbocycles. The van der Waals surface area contributed by atoms with Gasteiger partial charge in [-0.2, -0.15) is 47.0 Å². The van der Waals surface area contributed by atoms with E-state index in [2.05, 4.69) is 97.1 Å². The standard InChI is InChI=1S/C36H32S4/c1-2-26-7-31-14-32(8-26)20-40-24-36-12-28(11-35(16-36)23-39-19-31)4-3-27-9-33-15-34(10-27)22-38-18-30-6-25(1)5-29(13-30)17-37-21-33/h1-16H,17-24H2. The van der Waals surface area contributed by atoms with Gasteiger partial charge in [-0.3, -0.25) is 0 Å². The van der Waals surface area contributed by atoms with Gasteiger partial charge < -0.3 is 0 Å². The van der Waals surface area contributed by atoms with E-state index in [0.717, 1.165) is 46.0 Å². The molecular formula is C36H32S4. The van der Waals surface area contributed by atoms with E-state index in [-0.39, 0.29) is 0 Å². The van der Waals surface area contributed by atoms with Crippen molar-refractivity contribution in [3.05, 3.63) is 140 Å². The van der Waals surface area contributed by atoms with Gasteiger partial charge >= 0.3 is 0 Å². The Bertz CT molecular complexity index is 1280. The normalized spacial score (nSPS) is 16.6. The Balaban J connectivity index is 1.35. The number of hydrogen-bond donors (Lipinski definition) is 0. The van der Waals surface area contributed by atoms with Gasteiger partial charge in [0.2, 0.25) is 0 Å². The quantitative estimate of drug-likeness (QED) is 0.199. The Morgan fingerprint density at radius 1 is 0.250 bits per heavy atom. The van der Waals surface area contributed by atoms with Crippen molar-refractivity contribution in [3.63, 3.8) is 0 Å². The lowest BCUT2D eigenvalue weighted by atomic mass is 10.0. The Labute approximate surface area is 255 Å². The number of hydrogen-bond acceptors (Lipinski definition) is 4. The predicted molar refractivity (Wildman–Crippen MR) is 184 cm³/mol. The van der Waals surface area contributed by atoms with E-state index in [0.29, 0.717) is 0 Å². The zero-order chi connectivity index (χ0) is 26.7. The summed E-state index contributed by atoms with van der Waals surface area (Å²) in [7, 11) is 0. The molecule has 0 nitrogen and oxygen atoms in total. The van der Waals surface area contributed by atoms with Gasteiger partial charge in [-0.1, -0.05) is 97.1 Å². The maximum Gasteiger partial charge on any atom is 0.0188 e. The number of rotatable bonds is 0. The first-order valence-corrected chi connectivity index (χ1v) is 18.5. The lowest BCUT2D eigenvalue weighted by Crippen LogP contribution is -1.95. The molecule has 0 aromatic heterocycles. The molecular weight excluding hydrogens is 561 g/mol. The summed E-state index contributed by atoms with van der Waals surface area (Å²) in [6.45, 7) is 0. The molecule has 6 heterocycles. The molecule has 0 unspecified atom stereocenters. The van der Waals surface area contributed by atoms with Crippen molar-refractivity contribution in [2.45, 2.75) is 46.0 Å². The van der Waals surface area contributed by atoms with Crippen LogP contribution in [-0.4, -0.2) is 0 Å². The van der Waals surface area contributed by atoms with Gasteiger partial charge in [0.1, 0.15) is 0 Å². The molecule has 0 saturated carbocycles. The molecule has 0 N–H and O–H groups in total. The monoisotopic (exact) mass is 592 g/mol. The van der Waals surface area contributed by atoms with Crippen LogP contribution in [-0.2, 0) is 46.0 Å². The van der Waals surface area contributed by atoms with Crippen molar-refractivity contribution in [1.29, 1.82) is 0 Å². The van der Waals surface area contributed by atoms with Crippen LogP contribution < -0.4 is 0 Å². The molecule has 4 aromatic carbocycles. The van der Waals surface area contributed by atoms with Crippen LogP contribution >= 0.6 is 47.0 Å². The van der Waals surface area contributed by atoms with Crippen LogP contribution in [0.5, 0.6) is 0 Å². The van der Waals surface area contributed by atoms with Crippen LogP contribution in [0.3, 0.4) is 0 Å². The second-order valence-electron chi connectivity index (χ2n) is 11.0. The van der Waals surface area contributed by atoms with Crippen molar-refractivity contribution in [3.8, 4) is 0 Å². The predicted octanol–water partition coefficient (Wildman–Crippen LogP) is 10.7. The molecule has 4 heteroatoms. The lowest BCUT2D eigenvalue weighted by molar-refractivity contribution is 1.27. The van der Waals surface area contributed by atoms with Gasteiger partial charge in [-0.15, -0.1) is 0 Å². The molecule has 0 atom stereocenters. The largest absolute Gasteiger partial charge is 0.152 e. The summed E-state index contributed by atoms with van der Waals surface area (Å²) in [5.41, 5.74) is 16.7. The molecule has 6 aliphatic heterocycles. The van der Waals surface area contributed by atoms with Gasteiger partial charge in [0.15, 0.2) is 0 Å². The van der Waals surface area contributed by atoms with Gasteiger partial charge in [0, 0.05) is 46.0 Å². The average Bonchev–Trinajstić information content (AvgIpc) is 2.94. The van der Waals surface area contributed by atoms with E-state index in [1.165, 1.54) is 66.8 Å². The van der Waals surface area contributed by atoms with Crippen molar-refractivity contribution in [2.75, 3.05) is 0 Å². The fraction of sp³-hybridized carbons (Fsp3) is 0.222. The fourth-order valence-electron chi connectivity index (χ4n) is 5.75. The second kappa shape index (κ2) is 12.3. The van der Waals surface area contributed by atoms with Crippen molar-refractivity contribution in [2.24, 2.45) is 0 Å². The summed E-state index contributed by atoms with van der Waals surface area (Å²) in [5, 5.41) is 0. The SMILES string of the molecule is C1=Cc2cc3cc(c2)CSCc2cc(cc(c2)CSC3)C=Cc2cc3cc(c2)CSCc2cc1cc(c2)CSC3. The van der Waals surface area contributed by atoms with E-state index in [1.807, 2.05) is 47.0 Å². The van der Waals surface area contributed by atoms with E-state index < -0.39 is 0 Å². The van der Waals surface area contributed by atoms with Crippen LogP contribution in [0, 0.1) is 0 Å². The van der Waals surface area contributed by atoms with E-state index in [4.69, 9.17) is 0 Å². The molecule has 40 heavy (non-hydrogen) atoms. The van der Waals surface area contributed by atoms with E-state index in [1.54, 1.807) is 0 Å². The molecule has 0 amide bonds. The zero-order valence-corrected chi connectivity index (χ0v) is 25.8. The highest BCUT2D eigenvalue weighted by molar-refractivity contribution is 7.98. The third-order valence-corrected chi connectivity index (χ3v) is 11.7. The lowest BCUT2D eigenvalue weighted by Gasteiger charge is -2.14. The second-order valence-corrected chi connectivity index (χ2v) is 14.9. The molecule has 0 fully saturated rings. The summed E-state index contributed by atoms with van der Waals surface area (Å²) in [5.74, 6) is 8.32. The Morgan fingerprint density at radius 2 is 0.425 bits per heavy atom. The van der Waals surface area contributed by atoms with Crippen molar-refractivity contribution in [1.82, 2.24) is 0 Å². The van der Waals surface area contributed by atoms with Crippen molar-refractivity contribution < 1.29 is 0 Å².